The number of aryl methyl sites for hydroxylation is 2. The molecule has 27 heavy (non-hydrogen) atoms. The number of carbonyl (C=O) groups excluding carboxylic acids is 1. The number of benzene rings is 2. The van der Waals surface area contributed by atoms with Crippen LogP contribution < -0.4 is 5.32 Å². The molecule has 0 aromatic heterocycles. The van der Waals surface area contributed by atoms with Crippen molar-refractivity contribution < 1.29 is 13.2 Å². The number of anilines is 1. The predicted molar refractivity (Wildman–Crippen MR) is 107 cm³/mol. The highest BCUT2D eigenvalue weighted by Gasteiger charge is 2.33. The van der Waals surface area contributed by atoms with Crippen LogP contribution in [0.5, 0.6) is 0 Å². The summed E-state index contributed by atoms with van der Waals surface area (Å²) in [6.07, 6.45) is 1.32. The number of hydrogen-bond donors (Lipinski definition) is 1. The summed E-state index contributed by atoms with van der Waals surface area (Å²) in [7, 11) is -3.64. The minimum Gasteiger partial charge on any atom is -0.326 e. The van der Waals surface area contributed by atoms with Gasteiger partial charge in [0.25, 0.3) is 0 Å². The molecule has 0 unspecified atom stereocenters. The van der Waals surface area contributed by atoms with Crippen LogP contribution >= 0.6 is 11.6 Å². The van der Waals surface area contributed by atoms with E-state index >= 15 is 0 Å². The third kappa shape index (κ3) is 4.51. The van der Waals surface area contributed by atoms with E-state index < -0.39 is 10.0 Å². The van der Waals surface area contributed by atoms with Gasteiger partial charge in [-0.3, -0.25) is 4.79 Å². The van der Waals surface area contributed by atoms with E-state index in [9.17, 15) is 13.2 Å². The van der Waals surface area contributed by atoms with Crippen molar-refractivity contribution in [3.05, 3.63) is 58.6 Å². The largest absolute Gasteiger partial charge is 0.326 e. The predicted octanol–water partition coefficient (Wildman–Crippen LogP) is 4.00. The molecular formula is C20H23ClN2O3S. The molecule has 1 saturated heterocycles. The number of nitrogens with one attached hydrogen (secondary N) is 1. The van der Waals surface area contributed by atoms with Crippen LogP contribution in [0.2, 0.25) is 5.02 Å². The highest BCUT2D eigenvalue weighted by molar-refractivity contribution is 7.89. The second kappa shape index (κ2) is 8.00. The van der Waals surface area contributed by atoms with Gasteiger partial charge in [0.1, 0.15) is 0 Å². The van der Waals surface area contributed by atoms with Gasteiger partial charge in [-0.05, 0) is 62.6 Å². The third-order valence-corrected chi connectivity index (χ3v) is 6.98. The molecule has 144 valence electrons. The smallest absolute Gasteiger partial charge is 0.243 e. The molecule has 0 bridgehead atoms. The van der Waals surface area contributed by atoms with Crippen LogP contribution in [0.4, 0.5) is 5.69 Å². The van der Waals surface area contributed by atoms with Gasteiger partial charge in [0.15, 0.2) is 0 Å². The molecule has 7 heteroatoms. The molecule has 1 N–H and O–H groups in total. The van der Waals surface area contributed by atoms with E-state index in [0.717, 1.165) is 16.8 Å². The van der Waals surface area contributed by atoms with Crippen LogP contribution in [-0.2, 0) is 14.8 Å². The first-order valence-corrected chi connectivity index (χ1v) is 10.7. The average molecular weight is 407 g/mol. The van der Waals surface area contributed by atoms with Crippen LogP contribution in [0.25, 0.3) is 0 Å². The summed E-state index contributed by atoms with van der Waals surface area (Å²) < 4.78 is 27.1. The van der Waals surface area contributed by atoms with Gasteiger partial charge in [0, 0.05) is 23.8 Å². The first-order chi connectivity index (χ1) is 12.8. The number of carbonyl (C=O) groups is 1. The minimum absolute atomic E-state index is 0.141. The summed E-state index contributed by atoms with van der Waals surface area (Å²) in [4.78, 5) is 12.9. The maximum absolute atomic E-state index is 12.9. The molecule has 1 aliphatic heterocycles. The van der Waals surface area contributed by atoms with Crippen molar-refractivity contribution in [1.82, 2.24) is 4.31 Å². The van der Waals surface area contributed by atoms with E-state index in [1.165, 1.54) is 16.4 Å². The zero-order valence-corrected chi connectivity index (χ0v) is 17.0. The van der Waals surface area contributed by atoms with Crippen molar-refractivity contribution in [1.29, 1.82) is 0 Å². The van der Waals surface area contributed by atoms with Crippen molar-refractivity contribution in [3.8, 4) is 0 Å². The van der Waals surface area contributed by atoms with E-state index in [2.05, 4.69) is 5.32 Å². The van der Waals surface area contributed by atoms with E-state index in [4.69, 9.17) is 11.6 Å². The summed E-state index contributed by atoms with van der Waals surface area (Å²) >= 11 is 5.85. The second-order valence-electron chi connectivity index (χ2n) is 6.96. The van der Waals surface area contributed by atoms with Crippen LogP contribution in [0.1, 0.15) is 24.0 Å². The Morgan fingerprint density at radius 2 is 1.85 bits per heavy atom. The highest BCUT2D eigenvalue weighted by atomic mass is 35.5. The zero-order chi connectivity index (χ0) is 19.6. The molecule has 0 radical (unpaired) electrons. The lowest BCUT2D eigenvalue weighted by Crippen LogP contribution is -2.43. The van der Waals surface area contributed by atoms with E-state index in [1.807, 2.05) is 32.0 Å². The van der Waals surface area contributed by atoms with Crippen molar-refractivity contribution in [2.45, 2.75) is 31.6 Å². The quantitative estimate of drug-likeness (QED) is 0.834. The lowest BCUT2D eigenvalue weighted by atomic mass is 9.98. The molecule has 1 heterocycles. The molecule has 1 fully saturated rings. The Bertz CT molecular complexity index is 942. The zero-order valence-electron chi connectivity index (χ0n) is 15.4. The third-order valence-electron chi connectivity index (χ3n) is 4.85. The van der Waals surface area contributed by atoms with E-state index in [0.29, 0.717) is 24.4 Å². The lowest BCUT2D eigenvalue weighted by molar-refractivity contribution is -0.120. The molecule has 1 amide bonds. The van der Waals surface area contributed by atoms with Gasteiger partial charge in [0.2, 0.25) is 15.9 Å². The second-order valence-corrected chi connectivity index (χ2v) is 9.34. The fourth-order valence-corrected chi connectivity index (χ4v) is 4.97. The Kier molecular flexibility index (Phi) is 5.89. The van der Waals surface area contributed by atoms with Gasteiger partial charge in [0.05, 0.1) is 10.8 Å². The SMILES string of the molecule is Cc1ccc(NC(=O)[C@H]2CCCN(S(=O)(=O)c3ccc(Cl)cc3)C2)c(C)c1. The number of amides is 1. The Balaban J connectivity index is 1.73. The minimum atomic E-state index is -3.64. The summed E-state index contributed by atoms with van der Waals surface area (Å²) in [5.74, 6) is -0.514. The Morgan fingerprint density at radius 3 is 2.52 bits per heavy atom. The Labute approximate surface area is 165 Å². The Morgan fingerprint density at radius 1 is 1.15 bits per heavy atom. The molecule has 2 aromatic carbocycles. The maximum Gasteiger partial charge on any atom is 0.243 e. The number of nitrogens with zero attached hydrogens (tertiary/aromatic N) is 1. The lowest BCUT2D eigenvalue weighted by Gasteiger charge is -2.31. The fourth-order valence-electron chi connectivity index (χ4n) is 3.32. The molecule has 1 aliphatic rings. The topological polar surface area (TPSA) is 66.5 Å². The molecular weight excluding hydrogens is 384 g/mol. The maximum atomic E-state index is 12.9. The van der Waals surface area contributed by atoms with Gasteiger partial charge in [-0.25, -0.2) is 8.42 Å². The summed E-state index contributed by atoms with van der Waals surface area (Å²) in [5.41, 5.74) is 2.89. The van der Waals surface area contributed by atoms with Crippen molar-refractivity contribution >= 4 is 33.2 Å². The van der Waals surface area contributed by atoms with Gasteiger partial charge in [-0.15, -0.1) is 0 Å². The number of rotatable bonds is 4. The number of halogens is 1. The summed E-state index contributed by atoms with van der Waals surface area (Å²) in [6, 6.07) is 11.9. The van der Waals surface area contributed by atoms with Gasteiger partial charge in [-0.2, -0.15) is 4.31 Å². The Hall–Kier alpha value is -1.89. The van der Waals surface area contributed by atoms with Gasteiger partial charge < -0.3 is 5.32 Å². The van der Waals surface area contributed by atoms with Crippen LogP contribution in [-0.4, -0.2) is 31.7 Å². The number of hydrogen-bond acceptors (Lipinski definition) is 3. The van der Waals surface area contributed by atoms with Crippen molar-refractivity contribution in [2.24, 2.45) is 5.92 Å². The summed E-state index contributed by atoms with van der Waals surface area (Å²) in [6.45, 7) is 4.54. The first kappa shape index (κ1) is 19.9. The van der Waals surface area contributed by atoms with Gasteiger partial charge >= 0.3 is 0 Å². The van der Waals surface area contributed by atoms with Crippen LogP contribution in [0.15, 0.2) is 47.4 Å². The van der Waals surface area contributed by atoms with E-state index in [-0.39, 0.29) is 23.3 Å². The van der Waals surface area contributed by atoms with Gasteiger partial charge in [-0.1, -0.05) is 29.3 Å². The van der Waals surface area contributed by atoms with Crippen molar-refractivity contribution in [3.63, 3.8) is 0 Å². The first-order valence-electron chi connectivity index (χ1n) is 8.91. The molecule has 1 atom stereocenters. The molecule has 5 nitrogen and oxygen atoms in total. The van der Waals surface area contributed by atoms with E-state index in [1.54, 1.807) is 12.1 Å². The molecule has 0 aliphatic carbocycles. The van der Waals surface area contributed by atoms with Crippen molar-refractivity contribution in [2.75, 3.05) is 18.4 Å². The number of piperidine rings is 1. The molecule has 0 saturated carbocycles. The standard InChI is InChI=1S/C20H23ClN2O3S/c1-14-5-10-19(15(2)12-14)22-20(24)16-4-3-11-23(13-16)27(25,26)18-8-6-17(21)7-9-18/h5-10,12,16H,3-4,11,13H2,1-2H3,(H,22,24)/t16-/m0/s1. The molecule has 0 spiro atoms. The molecule has 3 rings (SSSR count). The highest BCUT2D eigenvalue weighted by Crippen LogP contribution is 2.26. The van der Waals surface area contributed by atoms with Crippen LogP contribution in [0, 0.1) is 19.8 Å². The number of sulfonamides is 1. The summed E-state index contributed by atoms with van der Waals surface area (Å²) in [5, 5.41) is 3.43. The van der Waals surface area contributed by atoms with Crippen LogP contribution in [0.3, 0.4) is 0 Å². The fraction of sp³-hybridized carbons (Fsp3) is 0.350. The normalized spacial score (nSPS) is 18.3. The monoisotopic (exact) mass is 406 g/mol. The molecule has 2 aromatic rings. The average Bonchev–Trinajstić information content (AvgIpc) is 2.64.